The van der Waals surface area contributed by atoms with E-state index in [1.807, 2.05) is 19.9 Å². The molecule has 1 atom stereocenters. The first-order valence-corrected chi connectivity index (χ1v) is 7.75. The molecule has 0 aliphatic rings. The van der Waals surface area contributed by atoms with Crippen LogP contribution in [0.3, 0.4) is 0 Å². The van der Waals surface area contributed by atoms with E-state index >= 15 is 0 Å². The molecule has 1 heterocycles. The molecule has 1 aromatic heterocycles. The van der Waals surface area contributed by atoms with E-state index in [2.05, 4.69) is 52.1 Å². The van der Waals surface area contributed by atoms with Crippen LogP contribution in [-0.2, 0) is 0 Å². The molecule has 1 unspecified atom stereocenters. The molecule has 4 heteroatoms. The first kappa shape index (κ1) is 14.6. The zero-order valence-corrected chi connectivity index (χ0v) is 13.7. The standard InChI is InChI=1S/C15H17BrN2S/c1-9-6-10(2)18-15(7-9)19-14-5-4-12(16)8-13(14)11(3)17/h4-8,11H,17H2,1-3H3. The highest BCUT2D eigenvalue weighted by Crippen LogP contribution is 2.33. The van der Waals surface area contributed by atoms with E-state index in [0.29, 0.717) is 0 Å². The maximum absolute atomic E-state index is 6.04. The van der Waals surface area contributed by atoms with Gasteiger partial charge in [0.15, 0.2) is 0 Å². The van der Waals surface area contributed by atoms with Gasteiger partial charge in [-0.1, -0.05) is 27.7 Å². The van der Waals surface area contributed by atoms with Crippen molar-refractivity contribution in [1.29, 1.82) is 0 Å². The lowest BCUT2D eigenvalue weighted by atomic mass is 10.1. The van der Waals surface area contributed by atoms with Crippen LogP contribution in [0.5, 0.6) is 0 Å². The fourth-order valence-corrected chi connectivity index (χ4v) is 3.47. The highest BCUT2D eigenvalue weighted by atomic mass is 79.9. The summed E-state index contributed by atoms with van der Waals surface area (Å²) in [4.78, 5) is 5.73. The Morgan fingerprint density at radius 2 is 1.95 bits per heavy atom. The lowest BCUT2D eigenvalue weighted by Crippen LogP contribution is -2.06. The van der Waals surface area contributed by atoms with Crippen molar-refractivity contribution in [1.82, 2.24) is 4.98 Å². The van der Waals surface area contributed by atoms with E-state index in [4.69, 9.17) is 5.73 Å². The summed E-state index contributed by atoms with van der Waals surface area (Å²) in [5, 5.41) is 1.02. The van der Waals surface area contributed by atoms with Crippen molar-refractivity contribution < 1.29 is 0 Å². The molecule has 0 saturated carbocycles. The molecule has 0 amide bonds. The second-order valence-corrected chi connectivity index (χ2v) is 6.67. The Morgan fingerprint density at radius 3 is 2.58 bits per heavy atom. The molecular weight excluding hydrogens is 320 g/mol. The Morgan fingerprint density at radius 1 is 1.21 bits per heavy atom. The van der Waals surface area contributed by atoms with Crippen LogP contribution < -0.4 is 5.73 Å². The largest absolute Gasteiger partial charge is 0.324 e. The van der Waals surface area contributed by atoms with Crippen molar-refractivity contribution in [3.05, 3.63) is 51.6 Å². The van der Waals surface area contributed by atoms with E-state index < -0.39 is 0 Å². The summed E-state index contributed by atoms with van der Waals surface area (Å²) in [5.74, 6) is 0. The van der Waals surface area contributed by atoms with Crippen LogP contribution in [0.1, 0.15) is 29.8 Å². The Balaban J connectivity index is 2.37. The quantitative estimate of drug-likeness (QED) is 0.887. The minimum absolute atomic E-state index is 0.00547. The van der Waals surface area contributed by atoms with E-state index in [1.54, 1.807) is 11.8 Å². The molecule has 100 valence electrons. The van der Waals surface area contributed by atoms with E-state index in [-0.39, 0.29) is 6.04 Å². The summed E-state index contributed by atoms with van der Waals surface area (Å²) in [6, 6.07) is 10.4. The minimum Gasteiger partial charge on any atom is -0.324 e. The van der Waals surface area contributed by atoms with Gasteiger partial charge in [-0.2, -0.15) is 0 Å². The number of hydrogen-bond acceptors (Lipinski definition) is 3. The average molecular weight is 337 g/mol. The zero-order chi connectivity index (χ0) is 14.0. The summed E-state index contributed by atoms with van der Waals surface area (Å²) in [7, 11) is 0. The van der Waals surface area contributed by atoms with Gasteiger partial charge in [-0.25, -0.2) is 4.98 Å². The molecule has 0 spiro atoms. The van der Waals surface area contributed by atoms with Crippen molar-refractivity contribution in [3.8, 4) is 0 Å². The van der Waals surface area contributed by atoms with Crippen LogP contribution in [0, 0.1) is 13.8 Å². The van der Waals surface area contributed by atoms with Gasteiger partial charge < -0.3 is 5.73 Å². The van der Waals surface area contributed by atoms with Crippen LogP contribution in [0.25, 0.3) is 0 Å². The minimum atomic E-state index is 0.00547. The van der Waals surface area contributed by atoms with Gasteiger partial charge in [-0.15, -0.1) is 0 Å². The Labute approximate surface area is 126 Å². The lowest BCUT2D eigenvalue weighted by Gasteiger charge is -2.13. The molecule has 0 radical (unpaired) electrons. The molecule has 19 heavy (non-hydrogen) atoms. The number of nitrogens with two attached hydrogens (primary N) is 1. The fourth-order valence-electron chi connectivity index (χ4n) is 1.94. The number of hydrogen-bond donors (Lipinski definition) is 1. The summed E-state index contributed by atoms with van der Waals surface area (Å²) in [6.07, 6.45) is 0. The van der Waals surface area contributed by atoms with Gasteiger partial charge in [0.2, 0.25) is 0 Å². The average Bonchev–Trinajstić information content (AvgIpc) is 2.30. The number of halogens is 1. The molecule has 0 saturated heterocycles. The van der Waals surface area contributed by atoms with E-state index in [0.717, 1.165) is 25.7 Å². The van der Waals surface area contributed by atoms with Gasteiger partial charge >= 0.3 is 0 Å². The smallest absolute Gasteiger partial charge is 0.101 e. The van der Waals surface area contributed by atoms with Crippen LogP contribution >= 0.6 is 27.7 Å². The predicted octanol–water partition coefficient (Wildman–Crippen LogP) is 4.63. The topological polar surface area (TPSA) is 38.9 Å². The van der Waals surface area contributed by atoms with E-state index in [1.165, 1.54) is 5.56 Å². The second-order valence-electron chi connectivity index (χ2n) is 4.70. The highest BCUT2D eigenvalue weighted by Gasteiger charge is 2.10. The predicted molar refractivity (Wildman–Crippen MR) is 84.6 cm³/mol. The van der Waals surface area contributed by atoms with Gasteiger partial charge in [-0.3, -0.25) is 0 Å². The van der Waals surface area contributed by atoms with E-state index in [9.17, 15) is 0 Å². The van der Waals surface area contributed by atoms with Crippen molar-refractivity contribution in [3.63, 3.8) is 0 Å². The summed E-state index contributed by atoms with van der Waals surface area (Å²) in [5.41, 5.74) is 9.46. The Kier molecular flexibility index (Phi) is 4.66. The molecular formula is C15H17BrN2S. The maximum Gasteiger partial charge on any atom is 0.101 e. The zero-order valence-electron chi connectivity index (χ0n) is 11.3. The van der Waals surface area contributed by atoms with Gasteiger partial charge in [0, 0.05) is 21.1 Å². The Bertz CT molecular complexity index is 576. The molecule has 2 aromatic rings. The highest BCUT2D eigenvalue weighted by molar-refractivity contribution is 9.10. The van der Waals surface area contributed by atoms with Crippen LogP contribution in [0.15, 0.2) is 44.7 Å². The van der Waals surface area contributed by atoms with Crippen LogP contribution in [-0.4, -0.2) is 4.98 Å². The van der Waals surface area contributed by atoms with Crippen molar-refractivity contribution in [2.24, 2.45) is 5.73 Å². The first-order valence-electron chi connectivity index (χ1n) is 6.14. The first-order chi connectivity index (χ1) is 8.95. The molecule has 1 aromatic carbocycles. The number of benzene rings is 1. The second kappa shape index (κ2) is 6.07. The molecule has 2 rings (SSSR count). The Hall–Kier alpha value is -0.840. The summed E-state index contributed by atoms with van der Waals surface area (Å²) in [6.45, 7) is 6.11. The molecule has 2 N–H and O–H groups in total. The maximum atomic E-state index is 6.04. The lowest BCUT2D eigenvalue weighted by molar-refractivity contribution is 0.796. The normalized spacial score (nSPS) is 12.5. The van der Waals surface area contributed by atoms with Gasteiger partial charge in [-0.05, 0) is 62.2 Å². The molecule has 0 aliphatic carbocycles. The van der Waals surface area contributed by atoms with Gasteiger partial charge in [0.1, 0.15) is 5.03 Å². The number of rotatable bonds is 3. The van der Waals surface area contributed by atoms with Gasteiger partial charge in [0.05, 0.1) is 0 Å². The molecule has 0 aliphatic heterocycles. The number of nitrogens with zero attached hydrogens (tertiary/aromatic N) is 1. The van der Waals surface area contributed by atoms with Crippen molar-refractivity contribution in [2.45, 2.75) is 36.7 Å². The number of aromatic nitrogens is 1. The van der Waals surface area contributed by atoms with Crippen LogP contribution in [0.2, 0.25) is 0 Å². The number of aryl methyl sites for hydroxylation is 2. The third kappa shape index (κ3) is 3.81. The SMILES string of the molecule is Cc1cc(C)nc(Sc2ccc(Br)cc2C(C)N)c1. The fraction of sp³-hybridized carbons (Fsp3) is 0.267. The van der Waals surface area contributed by atoms with Crippen molar-refractivity contribution >= 4 is 27.7 Å². The molecule has 0 bridgehead atoms. The molecule has 0 fully saturated rings. The summed E-state index contributed by atoms with van der Waals surface area (Å²) < 4.78 is 1.05. The molecule has 2 nitrogen and oxygen atoms in total. The summed E-state index contributed by atoms with van der Waals surface area (Å²) >= 11 is 5.16. The number of pyridine rings is 1. The van der Waals surface area contributed by atoms with Crippen molar-refractivity contribution in [2.75, 3.05) is 0 Å². The van der Waals surface area contributed by atoms with Gasteiger partial charge in [0.25, 0.3) is 0 Å². The van der Waals surface area contributed by atoms with Crippen LogP contribution in [0.4, 0.5) is 0 Å². The monoisotopic (exact) mass is 336 g/mol. The third-order valence-electron chi connectivity index (χ3n) is 2.75. The third-order valence-corrected chi connectivity index (χ3v) is 4.25.